The maximum atomic E-state index is 11.2. The van der Waals surface area contributed by atoms with Crippen molar-refractivity contribution in [2.45, 2.75) is 52.2 Å². The zero-order valence-electron chi connectivity index (χ0n) is 12.1. The Kier molecular flexibility index (Phi) is 4.52. The Bertz CT molecular complexity index is 466. The number of rotatable bonds is 6. The smallest absolute Gasteiger partial charge is 0.334 e. The lowest BCUT2D eigenvalue weighted by Gasteiger charge is -2.29. The molecule has 0 radical (unpaired) electrons. The maximum Gasteiger partial charge on any atom is 0.334 e. The van der Waals surface area contributed by atoms with Crippen LogP contribution in [0.25, 0.3) is 0 Å². The van der Waals surface area contributed by atoms with E-state index in [9.17, 15) is 15.2 Å². The molecule has 0 saturated heterocycles. The molecule has 7 nitrogen and oxygen atoms in total. The Morgan fingerprint density at radius 2 is 2.16 bits per heavy atom. The summed E-state index contributed by atoms with van der Waals surface area (Å²) in [6, 6.07) is 0. The highest BCUT2D eigenvalue weighted by Gasteiger charge is 2.32. The molecule has 108 valence electrons. The zero-order valence-corrected chi connectivity index (χ0v) is 12.1. The topological polar surface area (TPSA) is 93.2 Å². The summed E-state index contributed by atoms with van der Waals surface area (Å²) >= 11 is 0. The quantitative estimate of drug-likeness (QED) is 0.608. The molecule has 1 aromatic rings. The van der Waals surface area contributed by atoms with Gasteiger partial charge in [0.15, 0.2) is 0 Å². The number of anilines is 1. The van der Waals surface area contributed by atoms with Crippen molar-refractivity contribution in [3.63, 3.8) is 0 Å². The lowest BCUT2D eigenvalue weighted by atomic mass is 9.99. The first kappa shape index (κ1) is 15.4. The SMILES string of the molecule is CCCc1nn(C)c(NC(C)(C)C(C)O)c1[N+](=O)[O-]. The fourth-order valence-electron chi connectivity index (χ4n) is 1.72. The van der Waals surface area contributed by atoms with Gasteiger partial charge in [-0.1, -0.05) is 13.3 Å². The third-order valence-corrected chi connectivity index (χ3v) is 3.25. The molecule has 1 atom stereocenters. The second-order valence-corrected chi connectivity index (χ2v) is 5.30. The third-order valence-electron chi connectivity index (χ3n) is 3.25. The van der Waals surface area contributed by atoms with Crippen LogP contribution in [0, 0.1) is 10.1 Å². The van der Waals surface area contributed by atoms with E-state index in [1.807, 2.05) is 6.92 Å². The first-order valence-corrected chi connectivity index (χ1v) is 6.37. The highest BCUT2D eigenvalue weighted by atomic mass is 16.6. The maximum absolute atomic E-state index is 11.2. The van der Waals surface area contributed by atoms with Crippen molar-refractivity contribution in [2.75, 3.05) is 5.32 Å². The molecule has 1 unspecified atom stereocenters. The number of nitrogens with one attached hydrogen (secondary N) is 1. The minimum Gasteiger partial charge on any atom is -0.391 e. The average molecular weight is 270 g/mol. The van der Waals surface area contributed by atoms with Crippen LogP contribution in [-0.2, 0) is 13.5 Å². The van der Waals surface area contributed by atoms with E-state index in [-0.39, 0.29) is 5.69 Å². The molecule has 1 rings (SSSR count). The fraction of sp³-hybridized carbons (Fsp3) is 0.750. The molecule has 0 spiro atoms. The van der Waals surface area contributed by atoms with Gasteiger partial charge < -0.3 is 10.4 Å². The highest BCUT2D eigenvalue weighted by Crippen LogP contribution is 2.31. The number of nitrogens with zero attached hydrogens (tertiary/aromatic N) is 3. The third kappa shape index (κ3) is 3.23. The second-order valence-electron chi connectivity index (χ2n) is 5.30. The molecule has 0 bridgehead atoms. The number of nitro groups is 1. The number of aliphatic hydroxyl groups is 1. The fourth-order valence-corrected chi connectivity index (χ4v) is 1.72. The number of hydrogen-bond donors (Lipinski definition) is 2. The van der Waals surface area contributed by atoms with Gasteiger partial charge in [0.1, 0.15) is 5.69 Å². The molecule has 1 aromatic heterocycles. The van der Waals surface area contributed by atoms with Gasteiger partial charge >= 0.3 is 5.69 Å². The van der Waals surface area contributed by atoms with Gasteiger partial charge in [-0.3, -0.25) is 10.1 Å². The van der Waals surface area contributed by atoms with Gasteiger partial charge in [-0.25, -0.2) is 4.68 Å². The van der Waals surface area contributed by atoms with E-state index in [0.717, 1.165) is 6.42 Å². The van der Waals surface area contributed by atoms with Gasteiger partial charge in [0.25, 0.3) is 0 Å². The Morgan fingerprint density at radius 1 is 1.58 bits per heavy atom. The lowest BCUT2D eigenvalue weighted by Crippen LogP contribution is -2.42. The minimum atomic E-state index is -0.679. The van der Waals surface area contributed by atoms with Crippen LogP contribution in [0.5, 0.6) is 0 Å². The average Bonchev–Trinajstić information content (AvgIpc) is 2.55. The molecule has 2 N–H and O–H groups in total. The summed E-state index contributed by atoms with van der Waals surface area (Å²) in [5.74, 6) is 0.333. The van der Waals surface area contributed by atoms with Crippen molar-refractivity contribution in [2.24, 2.45) is 7.05 Å². The second kappa shape index (κ2) is 5.56. The van der Waals surface area contributed by atoms with E-state index in [1.54, 1.807) is 27.8 Å². The van der Waals surface area contributed by atoms with Gasteiger partial charge in [-0.15, -0.1) is 0 Å². The van der Waals surface area contributed by atoms with Gasteiger partial charge in [0.2, 0.25) is 5.82 Å². The predicted octanol–water partition coefficient (Wildman–Crippen LogP) is 1.85. The first-order valence-electron chi connectivity index (χ1n) is 6.37. The van der Waals surface area contributed by atoms with Crippen LogP contribution in [0.4, 0.5) is 11.5 Å². The van der Waals surface area contributed by atoms with Crippen molar-refractivity contribution in [3.8, 4) is 0 Å². The summed E-state index contributed by atoms with van der Waals surface area (Å²) in [7, 11) is 1.66. The van der Waals surface area contributed by atoms with Crippen LogP contribution < -0.4 is 5.32 Å². The molecule has 0 saturated carbocycles. The van der Waals surface area contributed by atoms with Crippen LogP contribution in [0.2, 0.25) is 0 Å². The zero-order chi connectivity index (χ0) is 14.8. The normalized spacial score (nSPS) is 13.4. The Balaban J connectivity index is 3.23. The summed E-state index contributed by atoms with van der Waals surface area (Å²) in [6.07, 6.45) is 0.689. The number of hydrogen-bond acceptors (Lipinski definition) is 5. The van der Waals surface area contributed by atoms with E-state index in [1.165, 1.54) is 4.68 Å². The first-order chi connectivity index (χ1) is 8.70. The highest BCUT2D eigenvalue weighted by molar-refractivity contribution is 5.61. The molecule has 0 aromatic carbocycles. The van der Waals surface area contributed by atoms with E-state index in [2.05, 4.69) is 10.4 Å². The van der Waals surface area contributed by atoms with E-state index in [4.69, 9.17) is 0 Å². The molecule has 7 heteroatoms. The van der Waals surface area contributed by atoms with E-state index in [0.29, 0.717) is 17.9 Å². The van der Waals surface area contributed by atoms with Gasteiger partial charge in [-0.2, -0.15) is 5.10 Å². The standard InChI is InChI=1S/C12H22N4O3/c1-6-7-9-10(16(18)19)11(15(5)14-9)13-12(3,4)8(2)17/h8,13,17H,6-7H2,1-5H3. The molecule has 0 aliphatic rings. The largest absolute Gasteiger partial charge is 0.391 e. The van der Waals surface area contributed by atoms with Crippen molar-refractivity contribution in [3.05, 3.63) is 15.8 Å². The monoisotopic (exact) mass is 270 g/mol. The van der Waals surface area contributed by atoms with Gasteiger partial charge in [0, 0.05) is 7.05 Å². The van der Waals surface area contributed by atoms with Crippen molar-refractivity contribution in [1.82, 2.24) is 9.78 Å². The lowest BCUT2D eigenvalue weighted by molar-refractivity contribution is -0.384. The van der Waals surface area contributed by atoms with Crippen molar-refractivity contribution >= 4 is 11.5 Å². The molecule has 1 heterocycles. The summed E-state index contributed by atoms with van der Waals surface area (Å²) in [5, 5.41) is 28.2. The van der Waals surface area contributed by atoms with E-state index >= 15 is 0 Å². The minimum absolute atomic E-state index is 0.00178. The Hall–Kier alpha value is -1.63. The van der Waals surface area contributed by atoms with Crippen molar-refractivity contribution in [1.29, 1.82) is 0 Å². The number of aryl methyl sites for hydroxylation is 2. The predicted molar refractivity (Wildman–Crippen MR) is 73.2 cm³/mol. The summed E-state index contributed by atoms with van der Waals surface area (Å²) in [6.45, 7) is 7.16. The van der Waals surface area contributed by atoms with Crippen LogP contribution in [-0.4, -0.2) is 31.5 Å². The van der Waals surface area contributed by atoms with Gasteiger partial charge in [-0.05, 0) is 27.2 Å². The summed E-state index contributed by atoms with van der Waals surface area (Å²) in [4.78, 5) is 10.8. The number of aliphatic hydroxyl groups excluding tert-OH is 1. The van der Waals surface area contributed by atoms with Gasteiger partial charge in [0.05, 0.1) is 16.6 Å². The molecule has 0 aliphatic heterocycles. The van der Waals surface area contributed by atoms with Crippen LogP contribution in [0.15, 0.2) is 0 Å². The molecule has 0 fully saturated rings. The molecular weight excluding hydrogens is 248 g/mol. The van der Waals surface area contributed by atoms with Crippen molar-refractivity contribution < 1.29 is 10.0 Å². The summed E-state index contributed by atoms with van der Waals surface area (Å²) in [5.41, 5.74) is -0.209. The Labute approximate surface area is 112 Å². The Morgan fingerprint density at radius 3 is 2.58 bits per heavy atom. The molecular formula is C12H22N4O3. The molecule has 19 heavy (non-hydrogen) atoms. The molecule has 0 amide bonds. The van der Waals surface area contributed by atoms with E-state index < -0.39 is 16.6 Å². The van der Waals surface area contributed by atoms with Crippen LogP contribution in [0.3, 0.4) is 0 Å². The summed E-state index contributed by atoms with van der Waals surface area (Å²) < 4.78 is 1.47. The molecule has 0 aliphatic carbocycles. The van der Waals surface area contributed by atoms with Crippen LogP contribution in [0.1, 0.15) is 39.8 Å². The van der Waals surface area contributed by atoms with Crippen LogP contribution >= 0.6 is 0 Å². The number of aromatic nitrogens is 2.